The lowest BCUT2D eigenvalue weighted by Gasteiger charge is -1.94. The molecule has 0 heterocycles. The number of hydrogen-bond acceptors (Lipinski definition) is 2. The Morgan fingerprint density at radius 3 is 2.40 bits per heavy atom. The lowest BCUT2D eigenvalue weighted by Crippen LogP contribution is -1.92. The van der Waals surface area contributed by atoms with Gasteiger partial charge in [-0.15, -0.1) is 0 Å². The van der Waals surface area contributed by atoms with E-state index in [1.54, 1.807) is 18.8 Å². The molecule has 0 unspecified atom stereocenters. The first kappa shape index (κ1) is 9.69. The van der Waals surface area contributed by atoms with E-state index in [1.807, 2.05) is 12.5 Å². The Labute approximate surface area is 66.8 Å². The molecule has 0 bridgehead atoms. The smallest absolute Gasteiger partial charge is 0.182 e. The molecule has 0 aromatic heterocycles. The largest absolute Gasteiger partial charge is 0.264 e. The topological polar surface area (TPSA) is 24.7 Å². The molecule has 3 heteroatoms. The van der Waals surface area contributed by atoms with Crippen LogP contribution in [0.5, 0.6) is 0 Å². The van der Waals surface area contributed by atoms with Crippen LogP contribution in [0.4, 0.5) is 0 Å². The predicted octanol–water partition coefficient (Wildman–Crippen LogP) is 2.06. The first-order chi connectivity index (χ1) is 4.70. The van der Waals surface area contributed by atoms with Crippen molar-refractivity contribution in [2.45, 2.75) is 13.8 Å². The Hall–Kier alpha value is -0.310. The summed E-state index contributed by atoms with van der Waals surface area (Å²) < 4.78 is 0. The van der Waals surface area contributed by atoms with Crippen LogP contribution in [0, 0.1) is 5.92 Å². The Balaban J connectivity index is 3.86. The summed E-state index contributed by atoms with van der Waals surface area (Å²) in [5.41, 5.74) is 0. The summed E-state index contributed by atoms with van der Waals surface area (Å²) in [4.78, 5) is 8.11. The zero-order valence-corrected chi connectivity index (χ0v) is 7.77. The van der Waals surface area contributed by atoms with Gasteiger partial charge in [0.05, 0.1) is 0 Å². The molecule has 0 aliphatic carbocycles. The van der Waals surface area contributed by atoms with E-state index in [0.717, 1.165) is 5.17 Å². The fourth-order valence-corrected chi connectivity index (χ4v) is 0.763. The van der Waals surface area contributed by atoms with Gasteiger partial charge < -0.3 is 0 Å². The maximum Gasteiger partial charge on any atom is 0.182 e. The second-order valence-corrected chi connectivity index (χ2v) is 3.01. The van der Waals surface area contributed by atoms with Gasteiger partial charge in [0.15, 0.2) is 5.17 Å². The zero-order chi connectivity index (χ0) is 7.98. The van der Waals surface area contributed by atoms with Crippen LogP contribution in [0.3, 0.4) is 0 Å². The maximum absolute atomic E-state index is 4.15. The Bertz CT molecular complexity index is 139. The van der Waals surface area contributed by atoms with Crippen LogP contribution in [0.2, 0.25) is 0 Å². The lowest BCUT2D eigenvalue weighted by atomic mass is 10.3. The van der Waals surface area contributed by atoms with Crippen molar-refractivity contribution < 1.29 is 0 Å². The third-order valence-electron chi connectivity index (χ3n) is 0.857. The van der Waals surface area contributed by atoms with Gasteiger partial charge in [0.1, 0.15) is 0 Å². The monoisotopic (exact) mass is 158 g/mol. The highest BCUT2D eigenvalue weighted by atomic mass is 32.2. The molecule has 0 saturated carbocycles. The molecule has 0 atom stereocenters. The van der Waals surface area contributed by atoms with Crippen molar-refractivity contribution in [1.82, 2.24) is 0 Å². The molecule has 0 radical (unpaired) electrons. The van der Waals surface area contributed by atoms with Crippen LogP contribution in [-0.4, -0.2) is 24.7 Å². The summed E-state index contributed by atoms with van der Waals surface area (Å²) in [6, 6.07) is 0. The average molecular weight is 158 g/mol. The Kier molecular flexibility index (Phi) is 5.30. The molecule has 0 aromatic rings. The van der Waals surface area contributed by atoms with E-state index in [-0.39, 0.29) is 0 Å². The molecule has 0 spiro atoms. The summed E-state index contributed by atoms with van der Waals surface area (Å²) in [6.07, 6.45) is 3.87. The van der Waals surface area contributed by atoms with E-state index in [4.69, 9.17) is 0 Å². The standard InChI is InChI=1S/C7H14N2S/c1-6(2)5-9-7(8-3)10-4/h5-6H,1-4H3/b8-7+,9-5-. The number of amidine groups is 1. The molecule has 2 nitrogen and oxygen atoms in total. The van der Waals surface area contributed by atoms with E-state index >= 15 is 0 Å². The fraction of sp³-hybridized carbons (Fsp3) is 0.714. The highest BCUT2D eigenvalue weighted by molar-refractivity contribution is 8.13. The SMILES string of the molecule is C/N=C(\N=C/C(C)C)SC. The maximum atomic E-state index is 4.15. The van der Waals surface area contributed by atoms with Crippen molar-refractivity contribution in [3.63, 3.8) is 0 Å². The third kappa shape index (κ3) is 4.56. The highest BCUT2D eigenvalue weighted by Gasteiger charge is 1.89. The normalized spacial score (nSPS) is 13.5. The van der Waals surface area contributed by atoms with Gasteiger partial charge in [-0.1, -0.05) is 25.6 Å². The Morgan fingerprint density at radius 2 is 2.10 bits per heavy atom. The van der Waals surface area contributed by atoms with Crippen molar-refractivity contribution in [3.8, 4) is 0 Å². The van der Waals surface area contributed by atoms with Gasteiger partial charge in [-0.25, -0.2) is 4.99 Å². The van der Waals surface area contributed by atoms with E-state index in [1.165, 1.54) is 0 Å². The minimum atomic E-state index is 0.504. The summed E-state index contributed by atoms with van der Waals surface area (Å²) in [6.45, 7) is 4.19. The van der Waals surface area contributed by atoms with Gasteiger partial charge >= 0.3 is 0 Å². The van der Waals surface area contributed by atoms with Crippen LogP contribution >= 0.6 is 11.8 Å². The first-order valence-electron chi connectivity index (χ1n) is 3.25. The molecule has 0 aromatic carbocycles. The van der Waals surface area contributed by atoms with Crippen LogP contribution in [-0.2, 0) is 0 Å². The molecular formula is C7H14N2S. The average Bonchev–Trinajstić information content (AvgIpc) is 1.90. The molecule has 58 valence electrons. The molecule has 0 amide bonds. The molecule has 0 N–H and O–H groups in total. The minimum Gasteiger partial charge on any atom is -0.264 e. The first-order valence-corrected chi connectivity index (χ1v) is 4.48. The van der Waals surface area contributed by atoms with Crippen LogP contribution in [0.1, 0.15) is 13.8 Å². The molecule has 0 aliphatic heterocycles. The molecular weight excluding hydrogens is 144 g/mol. The van der Waals surface area contributed by atoms with Crippen LogP contribution in [0.15, 0.2) is 9.98 Å². The van der Waals surface area contributed by atoms with Crippen molar-refractivity contribution in [1.29, 1.82) is 0 Å². The molecule has 10 heavy (non-hydrogen) atoms. The molecule has 0 aliphatic rings. The van der Waals surface area contributed by atoms with Gasteiger partial charge in [-0.2, -0.15) is 0 Å². The third-order valence-corrected chi connectivity index (χ3v) is 1.51. The predicted molar refractivity (Wildman–Crippen MR) is 50.2 cm³/mol. The molecule has 0 rings (SSSR count). The fourth-order valence-electron chi connectivity index (χ4n) is 0.415. The van der Waals surface area contributed by atoms with Crippen LogP contribution < -0.4 is 0 Å². The van der Waals surface area contributed by atoms with Gasteiger partial charge in [-0.05, 0) is 12.2 Å². The molecule has 0 fully saturated rings. The van der Waals surface area contributed by atoms with E-state index < -0.39 is 0 Å². The quantitative estimate of drug-likeness (QED) is 0.423. The molecule has 0 saturated heterocycles. The van der Waals surface area contributed by atoms with Crippen molar-refractivity contribution >= 4 is 23.1 Å². The van der Waals surface area contributed by atoms with E-state index in [9.17, 15) is 0 Å². The number of rotatable bonds is 1. The second-order valence-electron chi connectivity index (χ2n) is 2.23. The zero-order valence-electron chi connectivity index (χ0n) is 6.96. The number of aliphatic imine (C=N–C) groups is 2. The summed E-state index contributed by atoms with van der Waals surface area (Å²) >= 11 is 1.56. The second kappa shape index (κ2) is 5.47. The van der Waals surface area contributed by atoms with Crippen molar-refractivity contribution in [2.75, 3.05) is 13.3 Å². The van der Waals surface area contributed by atoms with Crippen molar-refractivity contribution in [3.05, 3.63) is 0 Å². The van der Waals surface area contributed by atoms with E-state index in [0.29, 0.717) is 5.92 Å². The van der Waals surface area contributed by atoms with E-state index in [2.05, 4.69) is 23.8 Å². The van der Waals surface area contributed by atoms with Gasteiger partial charge in [0.2, 0.25) is 0 Å². The summed E-state index contributed by atoms with van der Waals surface area (Å²) in [5, 5.41) is 0.841. The lowest BCUT2D eigenvalue weighted by molar-refractivity contribution is 0.909. The summed E-state index contributed by atoms with van der Waals surface area (Å²) in [7, 11) is 1.75. The number of nitrogens with zero attached hydrogens (tertiary/aromatic N) is 2. The number of thioether (sulfide) groups is 1. The highest BCUT2D eigenvalue weighted by Crippen LogP contribution is 1.98. The minimum absolute atomic E-state index is 0.504. The number of hydrogen-bond donors (Lipinski definition) is 0. The van der Waals surface area contributed by atoms with Gasteiger partial charge in [0, 0.05) is 13.3 Å². The Morgan fingerprint density at radius 1 is 1.50 bits per heavy atom. The van der Waals surface area contributed by atoms with Crippen LogP contribution in [0.25, 0.3) is 0 Å². The van der Waals surface area contributed by atoms with Crippen molar-refractivity contribution in [2.24, 2.45) is 15.9 Å². The summed E-state index contributed by atoms with van der Waals surface area (Å²) in [5.74, 6) is 0.504. The van der Waals surface area contributed by atoms with Gasteiger partial charge in [-0.3, -0.25) is 4.99 Å². The van der Waals surface area contributed by atoms with Gasteiger partial charge in [0.25, 0.3) is 0 Å².